The number of benzene rings is 1. The average molecular weight is 336 g/mol. The van der Waals surface area contributed by atoms with Gasteiger partial charge in [-0.3, -0.25) is 9.48 Å². The molecule has 0 bridgehead atoms. The van der Waals surface area contributed by atoms with Crippen molar-refractivity contribution >= 4 is 16.8 Å². The molecule has 0 unspecified atom stereocenters. The van der Waals surface area contributed by atoms with Gasteiger partial charge in [0.05, 0.1) is 18.2 Å². The molecule has 130 valence electrons. The largest absolute Gasteiger partial charge is 0.358 e. The molecular formula is C20H24N4O. The van der Waals surface area contributed by atoms with Crippen LogP contribution in [-0.2, 0) is 11.2 Å². The minimum atomic E-state index is 0.205. The van der Waals surface area contributed by atoms with Gasteiger partial charge in [0.15, 0.2) is 0 Å². The molecule has 0 spiro atoms. The summed E-state index contributed by atoms with van der Waals surface area (Å²) in [5.41, 5.74) is 5.52. The number of fused-ring (bicyclic) bond motifs is 1. The van der Waals surface area contributed by atoms with E-state index in [9.17, 15) is 4.79 Å². The molecule has 3 aromatic rings. The zero-order valence-electron chi connectivity index (χ0n) is 15.0. The number of H-pyrrole nitrogens is 1. The van der Waals surface area contributed by atoms with Gasteiger partial charge in [0.25, 0.3) is 0 Å². The monoisotopic (exact) mass is 336 g/mol. The fourth-order valence-corrected chi connectivity index (χ4v) is 4.01. The second-order valence-corrected chi connectivity index (χ2v) is 7.10. The van der Waals surface area contributed by atoms with E-state index in [0.717, 1.165) is 47.4 Å². The Balaban J connectivity index is 1.50. The molecule has 0 saturated carbocycles. The second-order valence-electron chi connectivity index (χ2n) is 7.10. The van der Waals surface area contributed by atoms with Gasteiger partial charge in [0.1, 0.15) is 0 Å². The molecule has 1 saturated heterocycles. The third-order valence-corrected chi connectivity index (χ3v) is 5.26. The number of hydrogen-bond acceptors (Lipinski definition) is 2. The van der Waals surface area contributed by atoms with Gasteiger partial charge in [0, 0.05) is 35.4 Å². The lowest BCUT2D eigenvalue weighted by atomic mass is 10.1. The van der Waals surface area contributed by atoms with Crippen molar-refractivity contribution < 1.29 is 4.79 Å². The molecule has 1 aliphatic rings. The number of nitrogens with zero attached hydrogens (tertiary/aromatic N) is 3. The van der Waals surface area contributed by atoms with Crippen LogP contribution in [0.2, 0.25) is 0 Å². The fourth-order valence-electron chi connectivity index (χ4n) is 4.01. The predicted octanol–water partition coefficient (Wildman–Crippen LogP) is 3.31. The number of aromatic nitrogens is 3. The summed E-state index contributed by atoms with van der Waals surface area (Å²) in [6, 6.07) is 10.6. The van der Waals surface area contributed by atoms with Crippen molar-refractivity contribution in [3.63, 3.8) is 0 Å². The summed E-state index contributed by atoms with van der Waals surface area (Å²) < 4.78 is 2.08. The van der Waals surface area contributed by atoms with Gasteiger partial charge in [-0.2, -0.15) is 5.10 Å². The predicted molar refractivity (Wildman–Crippen MR) is 98.7 cm³/mol. The number of rotatable bonds is 3. The summed E-state index contributed by atoms with van der Waals surface area (Å²) in [7, 11) is 0. The first kappa shape index (κ1) is 15.9. The molecule has 1 fully saturated rings. The fraction of sp³-hybridized carbons (Fsp3) is 0.400. The van der Waals surface area contributed by atoms with Gasteiger partial charge in [-0.05, 0) is 44.9 Å². The number of carbonyl (C=O) groups is 1. The maximum Gasteiger partial charge on any atom is 0.227 e. The zero-order chi connectivity index (χ0) is 17.6. The summed E-state index contributed by atoms with van der Waals surface area (Å²) in [5.74, 6) is 0.205. The van der Waals surface area contributed by atoms with Crippen LogP contribution in [0.3, 0.4) is 0 Å². The average Bonchev–Trinajstić information content (AvgIpc) is 3.26. The van der Waals surface area contributed by atoms with E-state index in [1.165, 1.54) is 5.69 Å². The van der Waals surface area contributed by atoms with Crippen LogP contribution < -0.4 is 0 Å². The normalized spacial score (nSPS) is 17.6. The number of carbonyl (C=O) groups excluding carboxylic acids is 1. The van der Waals surface area contributed by atoms with Crippen molar-refractivity contribution in [3.8, 4) is 0 Å². The van der Waals surface area contributed by atoms with Crippen LogP contribution in [0.4, 0.5) is 0 Å². The third-order valence-electron chi connectivity index (χ3n) is 5.26. The number of likely N-dealkylation sites (tertiary alicyclic amines) is 1. The Morgan fingerprint density at radius 2 is 2.08 bits per heavy atom. The van der Waals surface area contributed by atoms with E-state index in [0.29, 0.717) is 12.5 Å². The summed E-state index contributed by atoms with van der Waals surface area (Å²) in [4.78, 5) is 18.2. The van der Waals surface area contributed by atoms with E-state index >= 15 is 0 Å². The summed E-state index contributed by atoms with van der Waals surface area (Å²) in [6.07, 6.45) is 1.43. The van der Waals surface area contributed by atoms with Crippen LogP contribution in [-0.4, -0.2) is 38.7 Å². The minimum absolute atomic E-state index is 0.205. The molecule has 1 amide bonds. The van der Waals surface area contributed by atoms with Crippen LogP contribution >= 0.6 is 0 Å². The van der Waals surface area contributed by atoms with E-state index in [4.69, 9.17) is 0 Å². The van der Waals surface area contributed by atoms with Gasteiger partial charge >= 0.3 is 0 Å². The Labute approximate surface area is 147 Å². The maximum atomic E-state index is 12.9. The highest BCUT2D eigenvalue weighted by molar-refractivity contribution is 5.90. The lowest BCUT2D eigenvalue weighted by Crippen LogP contribution is -2.30. The van der Waals surface area contributed by atoms with Crippen molar-refractivity contribution in [2.75, 3.05) is 13.1 Å². The Morgan fingerprint density at radius 3 is 2.84 bits per heavy atom. The van der Waals surface area contributed by atoms with Crippen molar-refractivity contribution in [1.82, 2.24) is 19.7 Å². The van der Waals surface area contributed by atoms with Crippen LogP contribution in [0.5, 0.6) is 0 Å². The number of para-hydroxylation sites is 1. The molecule has 1 aliphatic heterocycles. The highest BCUT2D eigenvalue weighted by Crippen LogP contribution is 2.26. The van der Waals surface area contributed by atoms with Crippen molar-refractivity contribution in [3.05, 3.63) is 53.0 Å². The van der Waals surface area contributed by atoms with Gasteiger partial charge < -0.3 is 9.88 Å². The molecule has 1 aromatic carbocycles. The van der Waals surface area contributed by atoms with E-state index < -0.39 is 0 Å². The molecule has 1 N–H and O–H groups in total. The van der Waals surface area contributed by atoms with Gasteiger partial charge in [-0.25, -0.2) is 0 Å². The highest BCUT2D eigenvalue weighted by atomic mass is 16.2. The topological polar surface area (TPSA) is 53.9 Å². The molecule has 2 aromatic heterocycles. The first-order valence-corrected chi connectivity index (χ1v) is 8.89. The Bertz CT molecular complexity index is 936. The number of aromatic amines is 1. The second kappa shape index (κ2) is 6.06. The SMILES string of the molecule is Cc1cc(C)n([C@H]2CCN(C(=O)Cc3c(C)[nH]c4ccccc34)C2)n1. The van der Waals surface area contributed by atoms with Crippen LogP contribution in [0, 0.1) is 20.8 Å². The number of hydrogen-bond donors (Lipinski definition) is 1. The molecule has 4 rings (SSSR count). The lowest BCUT2D eigenvalue weighted by Gasteiger charge is -2.17. The highest BCUT2D eigenvalue weighted by Gasteiger charge is 2.29. The molecule has 0 radical (unpaired) electrons. The van der Waals surface area contributed by atoms with Crippen molar-refractivity contribution in [2.45, 2.75) is 39.7 Å². The Kier molecular flexibility index (Phi) is 3.86. The Morgan fingerprint density at radius 1 is 1.28 bits per heavy atom. The number of aryl methyl sites for hydroxylation is 3. The van der Waals surface area contributed by atoms with Crippen LogP contribution in [0.15, 0.2) is 30.3 Å². The smallest absolute Gasteiger partial charge is 0.227 e. The maximum absolute atomic E-state index is 12.9. The quantitative estimate of drug-likeness (QED) is 0.798. The van der Waals surface area contributed by atoms with E-state index in [2.05, 4.69) is 39.9 Å². The first-order valence-electron chi connectivity index (χ1n) is 8.89. The summed E-state index contributed by atoms with van der Waals surface area (Å²) in [5, 5.41) is 5.75. The molecule has 25 heavy (non-hydrogen) atoms. The molecule has 5 nitrogen and oxygen atoms in total. The van der Waals surface area contributed by atoms with E-state index in [1.54, 1.807) is 0 Å². The minimum Gasteiger partial charge on any atom is -0.358 e. The van der Waals surface area contributed by atoms with Crippen LogP contribution in [0.25, 0.3) is 10.9 Å². The molecule has 5 heteroatoms. The third kappa shape index (κ3) is 2.84. The van der Waals surface area contributed by atoms with Crippen LogP contribution in [0.1, 0.15) is 35.1 Å². The van der Waals surface area contributed by atoms with Crippen molar-refractivity contribution in [1.29, 1.82) is 0 Å². The molecule has 0 aliphatic carbocycles. The van der Waals surface area contributed by atoms with Gasteiger partial charge in [-0.1, -0.05) is 18.2 Å². The molecular weight excluding hydrogens is 312 g/mol. The van der Waals surface area contributed by atoms with Gasteiger partial charge in [-0.15, -0.1) is 0 Å². The van der Waals surface area contributed by atoms with Crippen molar-refractivity contribution in [2.24, 2.45) is 0 Å². The standard InChI is InChI=1S/C20H24N4O/c1-13-10-14(2)24(22-13)16-8-9-23(12-16)20(25)11-18-15(3)21-19-7-5-4-6-17(18)19/h4-7,10,16,21H,8-9,11-12H2,1-3H3/t16-/m0/s1. The Hall–Kier alpha value is -2.56. The lowest BCUT2D eigenvalue weighted by molar-refractivity contribution is -0.129. The van der Waals surface area contributed by atoms with Gasteiger partial charge in [0.2, 0.25) is 5.91 Å². The summed E-state index contributed by atoms with van der Waals surface area (Å²) in [6.45, 7) is 7.71. The first-order chi connectivity index (χ1) is 12.0. The zero-order valence-corrected chi connectivity index (χ0v) is 15.0. The van der Waals surface area contributed by atoms with E-state index in [1.807, 2.05) is 30.9 Å². The molecule has 3 heterocycles. The number of nitrogens with one attached hydrogen (secondary N) is 1. The number of amides is 1. The van der Waals surface area contributed by atoms with E-state index in [-0.39, 0.29) is 5.91 Å². The molecule has 1 atom stereocenters. The summed E-state index contributed by atoms with van der Waals surface area (Å²) >= 11 is 0.